The maximum atomic E-state index is 12.4. The average molecular weight is 358 g/mol. The molecule has 0 saturated heterocycles. The second-order valence-corrected chi connectivity index (χ2v) is 6.30. The van der Waals surface area contributed by atoms with Crippen LogP contribution in [0.4, 0.5) is 5.82 Å². The Kier molecular flexibility index (Phi) is 4.61. The van der Waals surface area contributed by atoms with Gasteiger partial charge in [-0.2, -0.15) is 0 Å². The largest absolute Gasteiger partial charge is 0.311 e. The van der Waals surface area contributed by atoms with Gasteiger partial charge in [0.1, 0.15) is 5.82 Å². The van der Waals surface area contributed by atoms with Crippen molar-refractivity contribution in [3.8, 4) is 0 Å². The Labute approximate surface area is 155 Å². The van der Waals surface area contributed by atoms with Gasteiger partial charge in [-0.15, -0.1) is 0 Å². The number of anilines is 1. The molecule has 0 aliphatic heterocycles. The lowest BCUT2D eigenvalue weighted by molar-refractivity contribution is -0.116. The lowest BCUT2D eigenvalue weighted by Crippen LogP contribution is -2.21. The number of aryl methyl sites for hydroxylation is 1. The first-order chi connectivity index (χ1) is 13.2. The van der Waals surface area contributed by atoms with Crippen molar-refractivity contribution in [2.24, 2.45) is 0 Å². The summed E-state index contributed by atoms with van der Waals surface area (Å²) in [6.07, 6.45) is 2.38. The Morgan fingerprint density at radius 3 is 2.63 bits per heavy atom. The van der Waals surface area contributed by atoms with E-state index in [0.717, 1.165) is 10.9 Å². The van der Waals surface area contributed by atoms with Crippen LogP contribution in [0.5, 0.6) is 0 Å². The molecule has 27 heavy (non-hydrogen) atoms. The molecule has 0 spiro atoms. The zero-order chi connectivity index (χ0) is 18.6. The van der Waals surface area contributed by atoms with Crippen molar-refractivity contribution in [2.45, 2.75) is 19.4 Å². The van der Waals surface area contributed by atoms with E-state index >= 15 is 0 Å². The number of aromatic nitrogens is 3. The van der Waals surface area contributed by atoms with Gasteiger partial charge in [0.15, 0.2) is 0 Å². The van der Waals surface area contributed by atoms with Crippen LogP contribution >= 0.6 is 0 Å². The monoisotopic (exact) mass is 358 g/mol. The number of pyridine rings is 1. The summed E-state index contributed by atoms with van der Waals surface area (Å²) in [5.74, 6) is 0.405. The van der Waals surface area contributed by atoms with Gasteiger partial charge >= 0.3 is 0 Å². The van der Waals surface area contributed by atoms with Crippen molar-refractivity contribution in [1.29, 1.82) is 0 Å². The maximum absolute atomic E-state index is 12.4. The van der Waals surface area contributed by atoms with E-state index in [9.17, 15) is 9.59 Å². The van der Waals surface area contributed by atoms with E-state index in [1.165, 1.54) is 6.33 Å². The van der Waals surface area contributed by atoms with Gasteiger partial charge in [-0.05, 0) is 36.8 Å². The molecule has 2 aromatic carbocycles. The smallest absolute Gasteiger partial charge is 0.261 e. The molecule has 0 aliphatic rings. The van der Waals surface area contributed by atoms with Gasteiger partial charge in [0.2, 0.25) is 5.91 Å². The highest BCUT2D eigenvalue weighted by atomic mass is 16.1. The molecule has 0 fully saturated rings. The topological polar surface area (TPSA) is 76.9 Å². The second-order valence-electron chi connectivity index (χ2n) is 6.30. The molecule has 0 atom stereocenters. The SMILES string of the molecule is O=C(CCCn1cnc2ccccc2c1=O)Nc1ccc2ccccc2n1. The Morgan fingerprint density at radius 1 is 0.963 bits per heavy atom. The summed E-state index contributed by atoms with van der Waals surface area (Å²) in [7, 11) is 0. The van der Waals surface area contributed by atoms with Crippen LogP contribution in [0.1, 0.15) is 12.8 Å². The number of hydrogen-bond acceptors (Lipinski definition) is 4. The fourth-order valence-corrected chi connectivity index (χ4v) is 3.02. The van der Waals surface area contributed by atoms with Crippen molar-refractivity contribution in [3.05, 3.63) is 77.3 Å². The minimum absolute atomic E-state index is 0.0859. The van der Waals surface area contributed by atoms with Crippen LogP contribution in [0.25, 0.3) is 21.8 Å². The summed E-state index contributed by atoms with van der Waals surface area (Å²) < 4.78 is 1.55. The van der Waals surface area contributed by atoms with E-state index < -0.39 is 0 Å². The first kappa shape index (κ1) is 16.9. The molecule has 0 bridgehead atoms. The van der Waals surface area contributed by atoms with Crippen molar-refractivity contribution in [3.63, 3.8) is 0 Å². The molecule has 2 heterocycles. The number of nitrogens with zero attached hydrogens (tertiary/aromatic N) is 3. The van der Waals surface area contributed by atoms with Crippen LogP contribution in [-0.2, 0) is 11.3 Å². The molecule has 1 amide bonds. The van der Waals surface area contributed by atoms with Crippen molar-refractivity contribution < 1.29 is 4.79 Å². The maximum Gasteiger partial charge on any atom is 0.261 e. The molecular weight excluding hydrogens is 340 g/mol. The molecule has 0 saturated carbocycles. The number of benzene rings is 2. The van der Waals surface area contributed by atoms with Gasteiger partial charge in [-0.1, -0.05) is 30.3 Å². The first-order valence-corrected chi connectivity index (χ1v) is 8.80. The fraction of sp³-hybridized carbons (Fsp3) is 0.143. The van der Waals surface area contributed by atoms with Gasteiger partial charge in [0.05, 0.1) is 22.7 Å². The zero-order valence-corrected chi connectivity index (χ0v) is 14.6. The quantitative estimate of drug-likeness (QED) is 0.593. The van der Waals surface area contributed by atoms with Crippen LogP contribution in [0.3, 0.4) is 0 Å². The number of hydrogen-bond donors (Lipinski definition) is 1. The minimum Gasteiger partial charge on any atom is -0.311 e. The van der Waals surface area contributed by atoms with Gasteiger partial charge in [0, 0.05) is 18.4 Å². The molecule has 0 aliphatic carbocycles. The summed E-state index contributed by atoms with van der Waals surface area (Å²) in [6.45, 7) is 0.440. The van der Waals surface area contributed by atoms with Crippen molar-refractivity contribution in [2.75, 3.05) is 5.32 Å². The zero-order valence-electron chi connectivity index (χ0n) is 14.6. The molecule has 0 radical (unpaired) electrons. The summed E-state index contributed by atoms with van der Waals surface area (Å²) in [6, 6.07) is 18.7. The third kappa shape index (κ3) is 3.69. The second kappa shape index (κ2) is 7.37. The van der Waals surface area contributed by atoms with Crippen LogP contribution in [-0.4, -0.2) is 20.4 Å². The van der Waals surface area contributed by atoms with E-state index in [0.29, 0.717) is 36.1 Å². The Hall–Kier alpha value is -3.54. The number of fused-ring (bicyclic) bond motifs is 2. The van der Waals surface area contributed by atoms with E-state index in [4.69, 9.17) is 0 Å². The first-order valence-electron chi connectivity index (χ1n) is 8.80. The third-order valence-electron chi connectivity index (χ3n) is 4.40. The molecule has 1 N–H and O–H groups in total. The number of amides is 1. The Bertz CT molecular complexity index is 1180. The van der Waals surface area contributed by atoms with Crippen LogP contribution in [0.2, 0.25) is 0 Å². The highest BCUT2D eigenvalue weighted by Gasteiger charge is 2.07. The standard InChI is InChI=1S/C21H18N4O2/c26-20(24-19-12-11-15-6-1-3-8-17(15)23-19)10-5-13-25-14-22-18-9-4-2-7-16(18)21(25)27/h1-4,6-9,11-12,14H,5,10,13H2,(H,23,24,26). The van der Waals surface area contributed by atoms with Crippen LogP contribution in [0, 0.1) is 0 Å². The third-order valence-corrected chi connectivity index (χ3v) is 4.40. The van der Waals surface area contributed by atoms with Gasteiger partial charge in [-0.25, -0.2) is 9.97 Å². The molecule has 0 unspecified atom stereocenters. The summed E-state index contributed by atoms with van der Waals surface area (Å²) >= 11 is 0. The molecular formula is C21H18N4O2. The van der Waals surface area contributed by atoms with Gasteiger partial charge < -0.3 is 5.32 Å². The Balaban J connectivity index is 1.38. The molecule has 2 aromatic heterocycles. The number of carbonyl (C=O) groups is 1. The highest BCUT2D eigenvalue weighted by molar-refractivity contribution is 5.91. The van der Waals surface area contributed by atoms with Gasteiger partial charge in [-0.3, -0.25) is 14.2 Å². The minimum atomic E-state index is -0.125. The summed E-state index contributed by atoms with van der Waals surface area (Å²) in [4.78, 5) is 33.3. The molecule has 6 heteroatoms. The molecule has 4 rings (SSSR count). The van der Waals surface area contributed by atoms with E-state index in [2.05, 4.69) is 15.3 Å². The Morgan fingerprint density at radius 2 is 1.74 bits per heavy atom. The molecule has 6 nitrogen and oxygen atoms in total. The van der Waals surface area contributed by atoms with E-state index in [1.54, 1.807) is 16.7 Å². The highest BCUT2D eigenvalue weighted by Crippen LogP contribution is 2.14. The normalized spacial score (nSPS) is 11.0. The van der Waals surface area contributed by atoms with Crippen LogP contribution < -0.4 is 10.9 Å². The average Bonchev–Trinajstić information content (AvgIpc) is 2.70. The van der Waals surface area contributed by atoms with Crippen molar-refractivity contribution in [1.82, 2.24) is 14.5 Å². The summed E-state index contributed by atoms with van der Waals surface area (Å²) in [5.41, 5.74) is 1.43. The van der Waals surface area contributed by atoms with Gasteiger partial charge in [0.25, 0.3) is 5.56 Å². The van der Waals surface area contributed by atoms with E-state index in [1.807, 2.05) is 48.5 Å². The summed E-state index contributed by atoms with van der Waals surface area (Å²) in [5, 5.41) is 4.43. The molecule has 4 aromatic rings. The number of nitrogens with one attached hydrogen (secondary N) is 1. The number of para-hydroxylation sites is 2. The fourth-order valence-electron chi connectivity index (χ4n) is 3.02. The predicted octanol–water partition coefficient (Wildman–Crippen LogP) is 3.36. The van der Waals surface area contributed by atoms with Crippen molar-refractivity contribution >= 4 is 33.5 Å². The van der Waals surface area contributed by atoms with Crippen LogP contribution in [0.15, 0.2) is 71.8 Å². The van der Waals surface area contributed by atoms with E-state index in [-0.39, 0.29) is 11.5 Å². The number of rotatable bonds is 5. The lowest BCUT2D eigenvalue weighted by atomic mass is 10.2. The number of carbonyl (C=O) groups excluding carboxylic acids is 1. The molecule has 134 valence electrons. The predicted molar refractivity (Wildman–Crippen MR) is 106 cm³/mol. The lowest BCUT2D eigenvalue weighted by Gasteiger charge is -2.08.